The number of morpholine rings is 2. The largest absolute Gasteiger partial charge is 0.372 e. The van der Waals surface area contributed by atoms with E-state index in [4.69, 9.17) is 21.1 Å². The number of nitrogens with one attached hydrogen (secondary N) is 2. The van der Waals surface area contributed by atoms with Crippen LogP contribution in [0.25, 0.3) is 21.8 Å². The second-order valence-electron chi connectivity index (χ2n) is 12.3. The lowest BCUT2D eigenvalue weighted by Crippen LogP contribution is -2.63. The highest BCUT2D eigenvalue weighted by Gasteiger charge is 2.43. The van der Waals surface area contributed by atoms with E-state index in [1.54, 1.807) is 18.5 Å². The lowest BCUT2D eigenvalue weighted by atomic mass is 9.98. The maximum Gasteiger partial charge on any atom is 0.244 e. The summed E-state index contributed by atoms with van der Waals surface area (Å²) >= 11 is 6.44. The van der Waals surface area contributed by atoms with E-state index in [0.717, 1.165) is 21.8 Å². The van der Waals surface area contributed by atoms with Crippen LogP contribution in [0.3, 0.4) is 0 Å². The van der Waals surface area contributed by atoms with Crippen LogP contribution in [0.15, 0.2) is 30.6 Å². The number of anilines is 1. The first kappa shape index (κ1) is 26.9. The minimum atomic E-state index is -0.644. The second kappa shape index (κ2) is 9.48. The Morgan fingerprint density at radius 3 is 2.50 bits per heavy atom. The highest BCUT2D eigenvalue weighted by Crippen LogP contribution is 2.34. The number of benzene rings is 1. The van der Waals surface area contributed by atoms with E-state index in [1.807, 2.05) is 63.5 Å². The number of hydrogen-bond donors (Lipinski definition) is 2. The number of fused-ring (bicyclic) bond motifs is 3. The molecule has 2 amide bonds. The van der Waals surface area contributed by atoms with Gasteiger partial charge in [-0.2, -0.15) is 0 Å². The van der Waals surface area contributed by atoms with Gasteiger partial charge in [0, 0.05) is 41.6 Å². The van der Waals surface area contributed by atoms with Crippen LogP contribution in [0, 0.1) is 0 Å². The Balaban J connectivity index is 1.39. The van der Waals surface area contributed by atoms with Crippen molar-refractivity contribution in [3.05, 3.63) is 35.6 Å². The van der Waals surface area contributed by atoms with Crippen molar-refractivity contribution in [2.45, 2.75) is 64.4 Å². The first-order valence-corrected chi connectivity index (χ1v) is 13.3. The molecule has 0 saturated carbocycles. The molecule has 0 unspecified atom stereocenters. The predicted octanol–water partition coefficient (Wildman–Crippen LogP) is 4.20. The van der Waals surface area contributed by atoms with Crippen molar-refractivity contribution in [2.24, 2.45) is 0 Å². The lowest BCUT2D eigenvalue weighted by Gasteiger charge is -2.48. The van der Waals surface area contributed by atoms with Crippen molar-refractivity contribution < 1.29 is 19.1 Å². The summed E-state index contributed by atoms with van der Waals surface area (Å²) in [5.41, 5.74) is 0.793. The molecule has 2 aliphatic rings. The average Bonchev–Trinajstić information content (AvgIpc) is 3.15. The van der Waals surface area contributed by atoms with E-state index in [0.29, 0.717) is 30.3 Å². The molecule has 5 rings (SSSR count). The fraction of sp³-hybridized carbons (Fsp3) is 0.536. The third-order valence-corrected chi connectivity index (χ3v) is 7.30. The Bertz CT molecular complexity index is 1380. The smallest absolute Gasteiger partial charge is 0.244 e. The molecule has 204 valence electrons. The minimum absolute atomic E-state index is 0.0294. The molecular weight excluding hydrogens is 506 g/mol. The number of halogens is 1. The molecule has 2 fully saturated rings. The zero-order chi connectivity index (χ0) is 27.5. The summed E-state index contributed by atoms with van der Waals surface area (Å²) < 4.78 is 12.2. The number of hydrogen-bond acceptors (Lipinski definition) is 6. The molecule has 2 aromatic heterocycles. The number of carbonyl (C=O) groups excluding carboxylic acids is 2. The van der Waals surface area contributed by atoms with E-state index >= 15 is 0 Å². The van der Waals surface area contributed by atoms with E-state index in [1.165, 1.54) is 0 Å². The maximum absolute atomic E-state index is 13.7. The molecule has 2 saturated heterocycles. The number of ether oxygens (including phenoxy) is 2. The molecule has 0 aliphatic carbocycles. The Labute approximate surface area is 227 Å². The van der Waals surface area contributed by atoms with Gasteiger partial charge in [-0.1, -0.05) is 11.6 Å². The van der Waals surface area contributed by atoms with Crippen molar-refractivity contribution in [3.63, 3.8) is 0 Å². The van der Waals surface area contributed by atoms with Crippen LogP contribution in [0.4, 0.5) is 5.69 Å². The van der Waals surface area contributed by atoms with E-state index in [2.05, 4.69) is 15.3 Å². The van der Waals surface area contributed by atoms with Crippen LogP contribution >= 0.6 is 11.6 Å². The number of H-pyrrole nitrogens is 1. The van der Waals surface area contributed by atoms with Gasteiger partial charge in [0.2, 0.25) is 11.8 Å². The molecule has 38 heavy (non-hydrogen) atoms. The fourth-order valence-corrected chi connectivity index (χ4v) is 6.05. The quantitative estimate of drug-likeness (QED) is 0.513. The van der Waals surface area contributed by atoms with E-state index < -0.39 is 22.8 Å². The third-order valence-electron chi connectivity index (χ3n) is 7.08. The molecule has 3 aromatic rings. The number of aromatic amines is 1. The molecule has 10 heteroatoms. The SMILES string of the molecule is CC1(C)CN(CC(=O)N2CC(C)(C)OC(C)(C)C2)[C@H](C(=O)Nc2cc(Cl)cc3c2[nH]c2cnccc23)CO1. The molecule has 1 aromatic carbocycles. The maximum atomic E-state index is 13.7. The zero-order valence-electron chi connectivity index (χ0n) is 22.9. The summed E-state index contributed by atoms with van der Waals surface area (Å²) in [6, 6.07) is 4.86. The highest BCUT2D eigenvalue weighted by molar-refractivity contribution is 6.33. The van der Waals surface area contributed by atoms with Crippen molar-refractivity contribution >= 4 is 50.9 Å². The van der Waals surface area contributed by atoms with Gasteiger partial charge >= 0.3 is 0 Å². The number of amides is 2. The van der Waals surface area contributed by atoms with Crippen LogP contribution in [0.5, 0.6) is 0 Å². The van der Waals surface area contributed by atoms with Gasteiger partial charge < -0.3 is 24.7 Å². The first-order chi connectivity index (χ1) is 17.7. The number of pyridine rings is 1. The van der Waals surface area contributed by atoms with Gasteiger partial charge in [-0.25, -0.2) is 0 Å². The highest BCUT2D eigenvalue weighted by atomic mass is 35.5. The Morgan fingerprint density at radius 2 is 1.79 bits per heavy atom. The average molecular weight is 542 g/mol. The Hall–Kier alpha value is -2.72. The molecule has 2 N–H and O–H groups in total. The molecule has 0 radical (unpaired) electrons. The van der Waals surface area contributed by atoms with Gasteiger partial charge in [0.05, 0.1) is 52.9 Å². The fourth-order valence-electron chi connectivity index (χ4n) is 5.83. The predicted molar refractivity (Wildman–Crippen MR) is 148 cm³/mol. The number of carbonyl (C=O) groups is 2. The monoisotopic (exact) mass is 541 g/mol. The van der Waals surface area contributed by atoms with Crippen LogP contribution in [-0.2, 0) is 19.1 Å². The van der Waals surface area contributed by atoms with Crippen molar-refractivity contribution in [1.82, 2.24) is 19.8 Å². The Morgan fingerprint density at radius 1 is 1.08 bits per heavy atom. The van der Waals surface area contributed by atoms with Crippen molar-refractivity contribution in [3.8, 4) is 0 Å². The summed E-state index contributed by atoms with van der Waals surface area (Å²) in [5.74, 6) is -0.283. The minimum Gasteiger partial charge on any atom is -0.372 e. The number of nitrogens with zero attached hydrogens (tertiary/aromatic N) is 3. The van der Waals surface area contributed by atoms with Gasteiger partial charge in [-0.05, 0) is 59.7 Å². The third kappa shape index (κ3) is 5.52. The summed E-state index contributed by atoms with van der Waals surface area (Å²) in [5, 5.41) is 5.43. The van der Waals surface area contributed by atoms with Gasteiger partial charge in [0.1, 0.15) is 6.04 Å². The lowest BCUT2D eigenvalue weighted by molar-refractivity contribution is -0.190. The summed E-state index contributed by atoms with van der Waals surface area (Å²) in [6.45, 7) is 13.6. The van der Waals surface area contributed by atoms with Crippen LogP contribution in [0.1, 0.15) is 41.5 Å². The summed E-state index contributed by atoms with van der Waals surface area (Å²) in [6.07, 6.45) is 3.47. The van der Waals surface area contributed by atoms with E-state index in [9.17, 15) is 9.59 Å². The number of rotatable bonds is 4. The molecule has 2 aliphatic heterocycles. The van der Waals surface area contributed by atoms with Gasteiger partial charge in [0.25, 0.3) is 0 Å². The normalized spacial score (nSPS) is 23.0. The first-order valence-electron chi connectivity index (χ1n) is 12.9. The standard InChI is InChI=1S/C28H36ClN5O4/c1-26(2)14-33(12-23(35)34-15-27(3,4)38-28(5,6)16-34)22(13-37-26)25(36)32-20-10-17(29)9-19-18-7-8-30-11-21(18)31-24(19)20/h7-11,22,31H,12-16H2,1-6H3,(H,32,36)/t22-/m0/s1. The zero-order valence-corrected chi connectivity index (χ0v) is 23.6. The van der Waals surface area contributed by atoms with Crippen molar-refractivity contribution in [2.75, 3.05) is 38.1 Å². The second-order valence-corrected chi connectivity index (χ2v) is 12.7. The molecule has 9 nitrogen and oxygen atoms in total. The van der Waals surface area contributed by atoms with Gasteiger partial charge in [-0.3, -0.25) is 19.5 Å². The van der Waals surface area contributed by atoms with Crippen LogP contribution in [0.2, 0.25) is 5.02 Å². The molecular formula is C28H36ClN5O4. The van der Waals surface area contributed by atoms with Gasteiger partial charge in [-0.15, -0.1) is 0 Å². The van der Waals surface area contributed by atoms with E-state index in [-0.39, 0.29) is 25.0 Å². The number of aromatic nitrogens is 2. The molecule has 0 bridgehead atoms. The van der Waals surface area contributed by atoms with Gasteiger partial charge in [0.15, 0.2) is 0 Å². The molecule has 1 atom stereocenters. The van der Waals surface area contributed by atoms with Crippen LogP contribution < -0.4 is 5.32 Å². The topological polar surface area (TPSA) is 99.8 Å². The van der Waals surface area contributed by atoms with Crippen molar-refractivity contribution in [1.29, 1.82) is 0 Å². The summed E-state index contributed by atoms with van der Waals surface area (Å²) in [4.78, 5) is 38.5. The molecule has 0 spiro atoms. The molecule has 4 heterocycles. The van der Waals surface area contributed by atoms with Crippen LogP contribution in [-0.4, -0.2) is 87.2 Å². The summed E-state index contributed by atoms with van der Waals surface area (Å²) in [7, 11) is 0. The Kier molecular flexibility index (Phi) is 6.70.